The Morgan fingerprint density at radius 1 is 1.47 bits per heavy atom. The Labute approximate surface area is 102 Å². The van der Waals surface area contributed by atoms with Gasteiger partial charge in [0, 0.05) is 6.54 Å². The van der Waals surface area contributed by atoms with Crippen molar-refractivity contribution in [3.63, 3.8) is 0 Å². The number of carboxylic acid groups (broad SMARTS) is 1. The van der Waals surface area contributed by atoms with Crippen molar-refractivity contribution in [1.29, 1.82) is 0 Å². The number of hydrogen-bond acceptors (Lipinski definition) is 3. The molecule has 1 rings (SSSR count). The van der Waals surface area contributed by atoms with E-state index in [1.807, 2.05) is 20.8 Å². The molecule has 1 fully saturated rings. The molecule has 5 nitrogen and oxygen atoms in total. The van der Waals surface area contributed by atoms with Crippen molar-refractivity contribution >= 4 is 11.9 Å². The summed E-state index contributed by atoms with van der Waals surface area (Å²) >= 11 is 0. The monoisotopic (exact) mass is 242 g/mol. The van der Waals surface area contributed by atoms with Crippen molar-refractivity contribution in [2.75, 3.05) is 13.1 Å². The molecule has 0 radical (unpaired) electrons. The van der Waals surface area contributed by atoms with Crippen molar-refractivity contribution in [3.05, 3.63) is 0 Å². The summed E-state index contributed by atoms with van der Waals surface area (Å²) in [6.07, 6.45) is 0.732. The number of aliphatic carboxylic acids is 1. The molecule has 3 N–H and O–H groups in total. The van der Waals surface area contributed by atoms with Crippen molar-refractivity contribution in [1.82, 2.24) is 10.6 Å². The molecule has 98 valence electrons. The zero-order valence-electron chi connectivity index (χ0n) is 10.7. The van der Waals surface area contributed by atoms with Crippen LogP contribution in [0.2, 0.25) is 0 Å². The van der Waals surface area contributed by atoms with Gasteiger partial charge in [-0.2, -0.15) is 0 Å². The van der Waals surface area contributed by atoms with Crippen LogP contribution in [0.5, 0.6) is 0 Å². The largest absolute Gasteiger partial charge is 0.480 e. The van der Waals surface area contributed by atoms with Gasteiger partial charge in [-0.15, -0.1) is 0 Å². The van der Waals surface area contributed by atoms with Crippen LogP contribution in [0.3, 0.4) is 0 Å². The molecule has 1 aliphatic heterocycles. The summed E-state index contributed by atoms with van der Waals surface area (Å²) in [4.78, 5) is 23.1. The first-order chi connectivity index (χ1) is 7.97. The third kappa shape index (κ3) is 3.43. The number of carbonyl (C=O) groups is 2. The molecule has 4 atom stereocenters. The Bertz CT molecular complexity index is 293. The van der Waals surface area contributed by atoms with E-state index >= 15 is 0 Å². The third-order valence-corrected chi connectivity index (χ3v) is 3.63. The van der Waals surface area contributed by atoms with Gasteiger partial charge in [-0.1, -0.05) is 27.2 Å². The van der Waals surface area contributed by atoms with Gasteiger partial charge in [-0.3, -0.25) is 4.79 Å². The predicted octanol–water partition coefficient (Wildman–Crippen LogP) is 0.457. The predicted molar refractivity (Wildman–Crippen MR) is 64.5 cm³/mol. The first-order valence-electron chi connectivity index (χ1n) is 6.21. The number of amides is 1. The first-order valence-corrected chi connectivity index (χ1v) is 6.21. The van der Waals surface area contributed by atoms with Gasteiger partial charge >= 0.3 is 5.97 Å². The lowest BCUT2D eigenvalue weighted by Gasteiger charge is -2.23. The van der Waals surface area contributed by atoms with Gasteiger partial charge in [0.15, 0.2) is 0 Å². The third-order valence-electron chi connectivity index (χ3n) is 3.63. The Hall–Kier alpha value is -1.10. The zero-order valence-corrected chi connectivity index (χ0v) is 10.7. The molecular weight excluding hydrogens is 220 g/mol. The van der Waals surface area contributed by atoms with E-state index < -0.39 is 12.0 Å². The topological polar surface area (TPSA) is 78.4 Å². The molecule has 0 aromatic carbocycles. The molecule has 0 aliphatic carbocycles. The van der Waals surface area contributed by atoms with Gasteiger partial charge in [0.05, 0.1) is 5.92 Å². The van der Waals surface area contributed by atoms with E-state index in [1.54, 1.807) is 0 Å². The van der Waals surface area contributed by atoms with Gasteiger partial charge in [0.25, 0.3) is 0 Å². The highest BCUT2D eigenvalue weighted by atomic mass is 16.4. The van der Waals surface area contributed by atoms with Gasteiger partial charge < -0.3 is 15.7 Å². The molecule has 1 unspecified atom stereocenters. The van der Waals surface area contributed by atoms with Gasteiger partial charge in [-0.05, 0) is 18.4 Å². The summed E-state index contributed by atoms with van der Waals surface area (Å²) < 4.78 is 0. The summed E-state index contributed by atoms with van der Waals surface area (Å²) in [5.41, 5.74) is 0. The van der Waals surface area contributed by atoms with E-state index in [2.05, 4.69) is 10.6 Å². The fourth-order valence-electron chi connectivity index (χ4n) is 2.10. The van der Waals surface area contributed by atoms with Crippen LogP contribution in [0, 0.1) is 17.8 Å². The standard InChI is InChI=1S/C12H22N2O3/c1-4-7(2)10(12(16)17)14-11(15)9-6-13-5-8(9)3/h7-10,13H,4-6H2,1-3H3,(H,14,15)(H,16,17)/t7?,8-,9-,10+/m1/s1. The maximum absolute atomic E-state index is 12.0. The van der Waals surface area contributed by atoms with E-state index in [9.17, 15) is 9.59 Å². The SMILES string of the molecule is CCC(C)[C@H](NC(=O)[C@@H]1CNC[C@H]1C)C(=O)O. The Kier molecular flexibility index (Phi) is 4.93. The maximum atomic E-state index is 12.0. The van der Waals surface area contributed by atoms with E-state index in [-0.39, 0.29) is 23.7 Å². The van der Waals surface area contributed by atoms with Crippen LogP contribution in [-0.4, -0.2) is 36.1 Å². The second-order valence-electron chi connectivity index (χ2n) is 4.95. The smallest absolute Gasteiger partial charge is 0.326 e. The fourth-order valence-corrected chi connectivity index (χ4v) is 2.10. The van der Waals surface area contributed by atoms with E-state index in [1.165, 1.54) is 0 Å². The van der Waals surface area contributed by atoms with E-state index in [0.717, 1.165) is 13.0 Å². The number of rotatable bonds is 5. The molecule has 0 aromatic rings. The lowest BCUT2D eigenvalue weighted by Crippen LogP contribution is -2.48. The number of carbonyl (C=O) groups excluding carboxylic acids is 1. The van der Waals surface area contributed by atoms with Crippen molar-refractivity contribution < 1.29 is 14.7 Å². The van der Waals surface area contributed by atoms with E-state index in [0.29, 0.717) is 6.54 Å². The number of carboxylic acids is 1. The lowest BCUT2D eigenvalue weighted by atomic mass is 9.94. The molecule has 0 aromatic heterocycles. The first kappa shape index (κ1) is 14.0. The highest BCUT2D eigenvalue weighted by Gasteiger charge is 2.33. The minimum atomic E-state index is -0.952. The minimum Gasteiger partial charge on any atom is -0.480 e. The average molecular weight is 242 g/mol. The average Bonchev–Trinajstić information content (AvgIpc) is 2.70. The van der Waals surface area contributed by atoms with Crippen LogP contribution in [0.25, 0.3) is 0 Å². The van der Waals surface area contributed by atoms with Crippen LogP contribution in [0.1, 0.15) is 27.2 Å². The zero-order chi connectivity index (χ0) is 13.0. The van der Waals surface area contributed by atoms with Crippen LogP contribution in [0.15, 0.2) is 0 Å². The highest BCUT2D eigenvalue weighted by Crippen LogP contribution is 2.17. The van der Waals surface area contributed by atoms with Crippen molar-refractivity contribution in [2.45, 2.75) is 33.2 Å². The van der Waals surface area contributed by atoms with Crippen LogP contribution in [-0.2, 0) is 9.59 Å². The fraction of sp³-hybridized carbons (Fsp3) is 0.833. The molecule has 1 heterocycles. The summed E-state index contributed by atoms with van der Waals surface area (Å²) in [5.74, 6) is -0.995. The summed E-state index contributed by atoms with van der Waals surface area (Å²) in [5, 5.41) is 14.9. The van der Waals surface area contributed by atoms with Gasteiger partial charge in [0.2, 0.25) is 5.91 Å². The molecular formula is C12H22N2O3. The molecule has 0 spiro atoms. The molecule has 1 amide bonds. The molecule has 0 saturated carbocycles. The molecule has 17 heavy (non-hydrogen) atoms. The molecule has 1 aliphatic rings. The quantitative estimate of drug-likeness (QED) is 0.654. The lowest BCUT2D eigenvalue weighted by molar-refractivity contribution is -0.144. The maximum Gasteiger partial charge on any atom is 0.326 e. The number of nitrogens with one attached hydrogen (secondary N) is 2. The summed E-state index contributed by atoms with van der Waals surface area (Å²) in [6.45, 7) is 7.23. The van der Waals surface area contributed by atoms with Crippen LogP contribution < -0.4 is 10.6 Å². The second kappa shape index (κ2) is 6.00. The Morgan fingerprint density at radius 3 is 2.53 bits per heavy atom. The summed E-state index contributed by atoms with van der Waals surface area (Å²) in [7, 11) is 0. The molecule has 1 saturated heterocycles. The minimum absolute atomic E-state index is 0.0545. The van der Waals surface area contributed by atoms with Gasteiger partial charge in [-0.25, -0.2) is 4.79 Å². The highest BCUT2D eigenvalue weighted by molar-refractivity contribution is 5.85. The Balaban J connectivity index is 2.61. The normalized spacial score (nSPS) is 27.5. The van der Waals surface area contributed by atoms with Gasteiger partial charge in [0.1, 0.15) is 6.04 Å². The Morgan fingerprint density at radius 2 is 2.12 bits per heavy atom. The second-order valence-corrected chi connectivity index (χ2v) is 4.95. The van der Waals surface area contributed by atoms with Crippen molar-refractivity contribution in [2.24, 2.45) is 17.8 Å². The summed E-state index contributed by atoms with van der Waals surface area (Å²) in [6, 6.07) is -0.778. The number of hydrogen-bond donors (Lipinski definition) is 3. The van der Waals surface area contributed by atoms with E-state index in [4.69, 9.17) is 5.11 Å². The van der Waals surface area contributed by atoms with Crippen LogP contribution >= 0.6 is 0 Å². The van der Waals surface area contributed by atoms with Crippen LogP contribution in [0.4, 0.5) is 0 Å². The molecule has 5 heteroatoms. The van der Waals surface area contributed by atoms with Crippen molar-refractivity contribution in [3.8, 4) is 0 Å². The molecule has 0 bridgehead atoms.